The first-order chi connectivity index (χ1) is 53.9. The molecule has 5 amide bonds. The topological polar surface area (TPSA) is 286 Å². The predicted octanol–water partition coefficient (Wildman–Crippen LogP) is 16.4. The Balaban J connectivity index is 0.000000173. The van der Waals surface area contributed by atoms with Crippen molar-refractivity contribution in [3.63, 3.8) is 0 Å². The van der Waals surface area contributed by atoms with Gasteiger partial charge in [0, 0.05) is 106 Å². The smallest absolute Gasteiger partial charge is 0.424 e. The minimum Gasteiger partial charge on any atom is -0.443 e. The number of carbonyl (C=O) groups is 7. The van der Waals surface area contributed by atoms with Crippen LogP contribution < -0.4 is 26.6 Å². The van der Waals surface area contributed by atoms with E-state index in [1.807, 2.05) is 161 Å². The van der Waals surface area contributed by atoms with Gasteiger partial charge in [-0.3, -0.25) is 37.7 Å². The Kier molecular flexibility index (Phi) is 24.9. The van der Waals surface area contributed by atoms with Gasteiger partial charge in [0.1, 0.15) is 39.6 Å². The lowest BCUT2D eigenvalue weighted by Gasteiger charge is -2.28. The molecule has 0 saturated carbocycles. The SMILES string of the molecule is CCC(=O)CNc1ccc(CC(=O)c2ccc(C)c(C#Cc3cnc4ccccn34)c2)cc1C.Cc1cc(CC(=O)c2ccc(C)c(C#Cc3cnc4c(N(C(=O)OC(C)(C)C)C(=O)OC(C)(C)C)cccn34)c2)cc(-n2ccnc2)c1.Cc1cnc(NC(=O)c2ccc(C)c(C#Cc3cnc4c(NC(N)=O)cccn34)c2)s1. The summed E-state index contributed by atoms with van der Waals surface area (Å²) < 4.78 is 18.4. The van der Waals surface area contributed by atoms with Gasteiger partial charge in [0.05, 0.1) is 37.1 Å². The van der Waals surface area contributed by atoms with Crippen molar-refractivity contribution in [1.82, 2.24) is 42.7 Å². The number of benzene rings is 5. The molecule has 0 saturated heterocycles. The van der Waals surface area contributed by atoms with Crippen LogP contribution in [0.1, 0.15) is 164 Å². The lowest BCUT2D eigenvalue weighted by Crippen LogP contribution is -2.44. The number of aromatic nitrogens is 9. The van der Waals surface area contributed by atoms with Gasteiger partial charge in [0.25, 0.3) is 5.91 Å². The molecule has 570 valence electrons. The number of primary amides is 1. The van der Waals surface area contributed by atoms with Gasteiger partial charge >= 0.3 is 18.2 Å². The fourth-order valence-electron chi connectivity index (χ4n) is 11.7. The second-order valence-corrected chi connectivity index (χ2v) is 29.9. The van der Waals surface area contributed by atoms with Crippen molar-refractivity contribution in [1.29, 1.82) is 0 Å². The van der Waals surface area contributed by atoms with E-state index in [1.165, 1.54) is 11.3 Å². The van der Waals surface area contributed by atoms with Crippen molar-refractivity contribution >= 4 is 91.9 Å². The standard InChI is InChI=1S/C38H39N5O5.C29H27N3O2.C22H18N6O2S/c1-25-18-27(20-31(19-25)41-17-15-39-24-41)21-33(44)29-12-11-26(2)28(22-29)13-14-30-23-40-34-32(10-9-16-42(30)34)43(35(45)47-37(3,4)5)36(46)48-38(6,7)8;1-4-26(33)19-30-27-13-9-22(15-21(27)3)16-28(34)24-10-8-20(2)23(17-24)11-12-25-18-31-29-7-5-6-14-32(25)29;1-13-5-6-16(20(29)27-22-25-11-14(2)31-22)10-15(13)7-8-17-12-24-19-18(26-21(23)30)4-3-9-28(17)19/h9-12,15-20,22-24H,21H2,1-8H3;5-10,13-15,17-18,30H,4,16,19H2,1-3H3;3-6,9-12H,1-2H3,(H3,23,26,30)(H,25,27,29). The van der Waals surface area contributed by atoms with Gasteiger partial charge in [0.2, 0.25) is 0 Å². The molecular formula is C89H84N14O9S. The van der Waals surface area contributed by atoms with Crippen molar-refractivity contribution < 1.29 is 43.0 Å². The summed E-state index contributed by atoms with van der Waals surface area (Å²) in [7, 11) is 0. The molecule has 5 N–H and O–H groups in total. The molecule has 0 spiro atoms. The molecule has 24 heteroatoms. The van der Waals surface area contributed by atoms with Crippen LogP contribution in [0.3, 0.4) is 0 Å². The average Bonchev–Trinajstić information content (AvgIpc) is 1.69. The van der Waals surface area contributed by atoms with Gasteiger partial charge < -0.3 is 30.4 Å². The molecule has 8 aromatic heterocycles. The minimum atomic E-state index is -0.888. The van der Waals surface area contributed by atoms with Crippen molar-refractivity contribution in [3.05, 3.63) is 290 Å². The Morgan fingerprint density at radius 3 is 1.65 bits per heavy atom. The number of rotatable bonds is 15. The number of hydrogen-bond donors (Lipinski definition) is 4. The second kappa shape index (κ2) is 35.1. The van der Waals surface area contributed by atoms with Crippen LogP contribution in [-0.2, 0) is 27.1 Å². The molecule has 0 unspecified atom stereocenters. The Morgan fingerprint density at radius 2 is 1.08 bits per heavy atom. The number of ether oxygens (including phenoxy) is 2. The van der Waals surface area contributed by atoms with E-state index >= 15 is 0 Å². The first kappa shape index (κ1) is 80.0. The number of urea groups is 1. The molecule has 0 aliphatic heterocycles. The number of aryl methyl sites for hydroxylation is 6. The predicted molar refractivity (Wildman–Crippen MR) is 439 cm³/mol. The maximum atomic E-state index is 13.4. The Bertz CT molecular complexity index is 6000. The van der Waals surface area contributed by atoms with Crippen LogP contribution in [0.5, 0.6) is 0 Å². The van der Waals surface area contributed by atoms with Gasteiger partial charge in [-0.05, 0) is 219 Å². The first-order valence-electron chi connectivity index (χ1n) is 36.2. The first-order valence-corrected chi connectivity index (χ1v) is 37.0. The second-order valence-electron chi connectivity index (χ2n) is 28.7. The molecule has 8 heterocycles. The van der Waals surface area contributed by atoms with Crippen molar-refractivity contribution in [3.8, 4) is 41.2 Å². The van der Waals surface area contributed by atoms with Crippen LogP contribution in [0.2, 0.25) is 0 Å². The summed E-state index contributed by atoms with van der Waals surface area (Å²) in [5.41, 5.74) is 20.4. The van der Waals surface area contributed by atoms with Gasteiger partial charge in [-0.1, -0.05) is 79.3 Å². The van der Waals surface area contributed by atoms with Gasteiger partial charge in [-0.2, -0.15) is 4.90 Å². The molecule has 23 nitrogen and oxygen atoms in total. The summed E-state index contributed by atoms with van der Waals surface area (Å²) in [6.45, 7) is 24.2. The van der Waals surface area contributed by atoms with E-state index in [9.17, 15) is 33.6 Å². The quantitative estimate of drug-likeness (QED) is 0.0548. The summed E-state index contributed by atoms with van der Waals surface area (Å²) in [5.74, 6) is 18.9. The number of hydrogen-bond acceptors (Lipinski definition) is 16. The number of carbonyl (C=O) groups excluding carboxylic acids is 7. The monoisotopic (exact) mass is 1520 g/mol. The van der Waals surface area contributed by atoms with Crippen LogP contribution in [-0.4, -0.2) is 102 Å². The molecular weight excluding hydrogens is 1440 g/mol. The lowest BCUT2D eigenvalue weighted by molar-refractivity contribution is -0.117. The third kappa shape index (κ3) is 20.9. The van der Waals surface area contributed by atoms with Crippen molar-refractivity contribution in [2.45, 2.75) is 120 Å². The molecule has 5 aromatic carbocycles. The number of fused-ring (bicyclic) bond motifs is 3. The van der Waals surface area contributed by atoms with E-state index in [1.54, 1.807) is 143 Å². The van der Waals surface area contributed by atoms with Gasteiger partial charge in [0.15, 0.2) is 33.8 Å². The third-order valence-electron chi connectivity index (χ3n) is 17.4. The Labute approximate surface area is 658 Å². The zero-order valence-corrected chi connectivity index (χ0v) is 65.8. The number of pyridine rings is 3. The highest BCUT2D eigenvalue weighted by Crippen LogP contribution is 2.29. The molecule has 0 aliphatic rings. The largest absolute Gasteiger partial charge is 0.443 e. The van der Waals surface area contributed by atoms with Crippen LogP contribution in [0.25, 0.3) is 22.6 Å². The number of amides is 5. The molecule has 0 atom stereocenters. The number of nitrogens with zero attached hydrogens (tertiary/aromatic N) is 10. The van der Waals surface area contributed by atoms with E-state index in [4.69, 9.17) is 15.2 Å². The zero-order chi connectivity index (χ0) is 80.8. The molecule has 0 radical (unpaired) electrons. The highest BCUT2D eigenvalue weighted by atomic mass is 32.1. The third-order valence-corrected chi connectivity index (χ3v) is 18.2. The normalized spacial score (nSPS) is 10.9. The number of imide groups is 1. The molecule has 13 rings (SSSR count). The fraction of sp³-hybridized carbons (Fsp3) is 0.213. The average molecular weight is 1530 g/mol. The molecule has 0 bridgehead atoms. The van der Waals surface area contributed by atoms with Gasteiger partial charge in [-0.15, -0.1) is 11.3 Å². The maximum Gasteiger partial charge on any atom is 0.424 e. The fourth-order valence-corrected chi connectivity index (χ4v) is 12.3. The highest BCUT2D eigenvalue weighted by Gasteiger charge is 2.35. The van der Waals surface area contributed by atoms with Gasteiger partial charge in [-0.25, -0.2) is 39.3 Å². The lowest BCUT2D eigenvalue weighted by atomic mass is 9.98. The van der Waals surface area contributed by atoms with E-state index in [-0.39, 0.29) is 35.4 Å². The zero-order valence-electron chi connectivity index (χ0n) is 64.9. The number of nitrogens with two attached hydrogens (primary N) is 1. The van der Waals surface area contributed by atoms with Crippen molar-refractivity contribution in [2.24, 2.45) is 5.73 Å². The summed E-state index contributed by atoms with van der Waals surface area (Å²) in [6, 6.07) is 40.4. The number of nitrogens with one attached hydrogen (secondary N) is 3. The van der Waals surface area contributed by atoms with E-state index in [0.717, 1.165) is 82.6 Å². The molecule has 0 fully saturated rings. The number of thiazole rings is 1. The Morgan fingerprint density at radius 1 is 0.522 bits per heavy atom. The molecule has 13 aromatic rings. The van der Waals surface area contributed by atoms with Crippen LogP contribution in [0.15, 0.2) is 196 Å². The minimum absolute atomic E-state index is 0.0240. The Hall–Kier alpha value is -14.0. The van der Waals surface area contributed by atoms with E-state index < -0.39 is 29.4 Å². The van der Waals surface area contributed by atoms with Crippen molar-refractivity contribution in [2.75, 3.05) is 27.4 Å². The number of anilines is 4. The summed E-state index contributed by atoms with van der Waals surface area (Å²) >= 11 is 1.42. The number of ketones is 3. The molecule has 113 heavy (non-hydrogen) atoms. The van der Waals surface area contributed by atoms with E-state index in [2.05, 4.69) is 76.4 Å². The summed E-state index contributed by atoms with van der Waals surface area (Å²) in [4.78, 5) is 112. The maximum absolute atomic E-state index is 13.4. The number of imidazole rings is 4. The number of Topliss-reactive ketones (excluding diaryl/α,β-unsaturated/α-hetero) is 3. The van der Waals surface area contributed by atoms with Crippen LogP contribution in [0, 0.1) is 77.1 Å². The van der Waals surface area contributed by atoms with Crippen LogP contribution in [0.4, 0.5) is 36.6 Å². The molecule has 0 aliphatic carbocycles. The summed E-state index contributed by atoms with van der Waals surface area (Å²) in [6.07, 6.45) is 16.7. The van der Waals surface area contributed by atoms with Crippen LogP contribution >= 0.6 is 11.3 Å². The van der Waals surface area contributed by atoms with E-state index in [0.29, 0.717) is 75.1 Å². The highest BCUT2D eigenvalue weighted by molar-refractivity contribution is 7.15. The summed E-state index contributed by atoms with van der Waals surface area (Å²) in [5, 5.41) is 9.07.